The van der Waals surface area contributed by atoms with Crippen LogP contribution in [0.2, 0.25) is 0 Å². The Labute approximate surface area is 114 Å². The van der Waals surface area contributed by atoms with Crippen LogP contribution in [0.25, 0.3) is 0 Å². The molecule has 0 aromatic heterocycles. The maximum absolute atomic E-state index is 3.90. The normalized spacial score (nSPS) is 37.7. The van der Waals surface area contributed by atoms with Gasteiger partial charge in [-0.15, -0.1) is 0 Å². The fourth-order valence-corrected chi connectivity index (χ4v) is 3.68. The number of piperidine rings is 1. The first-order valence-corrected chi connectivity index (χ1v) is 7.90. The minimum Gasteiger partial charge on any atom is -0.313 e. The quantitative estimate of drug-likeness (QED) is 0.830. The van der Waals surface area contributed by atoms with Gasteiger partial charge in [-0.1, -0.05) is 20.8 Å². The molecule has 2 aliphatic rings. The fraction of sp³-hybridized carbons (Fsp3) is 1.00. The minimum absolute atomic E-state index is 0.537. The van der Waals surface area contributed by atoms with E-state index < -0.39 is 0 Å². The van der Waals surface area contributed by atoms with Crippen LogP contribution in [0.15, 0.2) is 0 Å². The Morgan fingerprint density at radius 2 is 1.83 bits per heavy atom. The lowest BCUT2D eigenvalue weighted by atomic mass is 9.77. The highest BCUT2D eigenvalue weighted by Gasteiger charge is 2.31. The second kappa shape index (κ2) is 5.92. The van der Waals surface area contributed by atoms with Crippen molar-refractivity contribution in [3.05, 3.63) is 0 Å². The van der Waals surface area contributed by atoms with Gasteiger partial charge in [-0.3, -0.25) is 0 Å². The van der Waals surface area contributed by atoms with E-state index in [9.17, 15) is 0 Å². The third kappa shape index (κ3) is 3.71. The van der Waals surface area contributed by atoms with Gasteiger partial charge in [0.15, 0.2) is 0 Å². The second-order valence-corrected chi connectivity index (χ2v) is 7.50. The van der Waals surface area contributed by atoms with Gasteiger partial charge >= 0.3 is 0 Å². The SMILES string of the molecule is CC1CCC(NCC2(C)CCN(C)CC2)C(C)C1. The molecule has 0 aromatic carbocycles. The van der Waals surface area contributed by atoms with Gasteiger partial charge in [0, 0.05) is 12.6 Å². The summed E-state index contributed by atoms with van der Waals surface area (Å²) in [5.74, 6) is 1.81. The van der Waals surface area contributed by atoms with Crippen molar-refractivity contribution >= 4 is 0 Å². The number of likely N-dealkylation sites (tertiary alicyclic amines) is 1. The number of nitrogens with zero attached hydrogens (tertiary/aromatic N) is 1. The topological polar surface area (TPSA) is 15.3 Å². The van der Waals surface area contributed by atoms with Crippen LogP contribution in [0.1, 0.15) is 52.9 Å². The maximum Gasteiger partial charge on any atom is 0.00931 e. The van der Waals surface area contributed by atoms with Crippen molar-refractivity contribution in [1.82, 2.24) is 10.2 Å². The average Bonchev–Trinajstić information content (AvgIpc) is 2.32. The smallest absolute Gasteiger partial charge is 0.00931 e. The summed E-state index contributed by atoms with van der Waals surface area (Å²) < 4.78 is 0. The molecule has 0 aromatic rings. The number of hydrogen-bond acceptors (Lipinski definition) is 2. The summed E-state index contributed by atoms with van der Waals surface area (Å²) in [7, 11) is 2.25. The summed E-state index contributed by atoms with van der Waals surface area (Å²) in [5.41, 5.74) is 0.537. The Balaban J connectivity index is 1.77. The van der Waals surface area contributed by atoms with E-state index in [-0.39, 0.29) is 0 Å². The third-order valence-corrected chi connectivity index (χ3v) is 5.42. The van der Waals surface area contributed by atoms with Gasteiger partial charge in [-0.2, -0.15) is 0 Å². The zero-order valence-electron chi connectivity index (χ0n) is 12.8. The van der Waals surface area contributed by atoms with E-state index in [1.54, 1.807) is 0 Å². The summed E-state index contributed by atoms with van der Waals surface area (Å²) in [4.78, 5) is 2.46. The Hall–Kier alpha value is -0.0800. The van der Waals surface area contributed by atoms with Crippen LogP contribution in [0.4, 0.5) is 0 Å². The molecule has 1 aliphatic heterocycles. The molecule has 0 bridgehead atoms. The summed E-state index contributed by atoms with van der Waals surface area (Å²) >= 11 is 0. The van der Waals surface area contributed by atoms with Crippen LogP contribution in [-0.4, -0.2) is 37.6 Å². The molecule has 2 nitrogen and oxygen atoms in total. The van der Waals surface area contributed by atoms with Gasteiger partial charge in [-0.05, 0) is 69.5 Å². The van der Waals surface area contributed by atoms with E-state index in [4.69, 9.17) is 0 Å². The molecule has 3 atom stereocenters. The first kappa shape index (κ1) is 14.3. The van der Waals surface area contributed by atoms with Gasteiger partial charge < -0.3 is 10.2 Å². The van der Waals surface area contributed by atoms with Crippen molar-refractivity contribution in [3.63, 3.8) is 0 Å². The summed E-state index contributed by atoms with van der Waals surface area (Å²) in [5, 5.41) is 3.90. The van der Waals surface area contributed by atoms with Crippen molar-refractivity contribution in [2.24, 2.45) is 17.3 Å². The van der Waals surface area contributed by atoms with Gasteiger partial charge in [0.05, 0.1) is 0 Å². The minimum atomic E-state index is 0.537. The number of rotatable bonds is 3. The van der Waals surface area contributed by atoms with E-state index >= 15 is 0 Å². The van der Waals surface area contributed by atoms with Gasteiger partial charge in [0.25, 0.3) is 0 Å². The Bertz CT molecular complexity index is 256. The summed E-state index contributed by atoms with van der Waals surface area (Å²) in [6.07, 6.45) is 6.93. The molecule has 1 heterocycles. The number of nitrogens with one attached hydrogen (secondary N) is 1. The predicted molar refractivity (Wildman–Crippen MR) is 78.8 cm³/mol. The maximum atomic E-state index is 3.90. The highest BCUT2D eigenvalue weighted by molar-refractivity contribution is 4.87. The lowest BCUT2D eigenvalue weighted by Gasteiger charge is -2.41. The largest absolute Gasteiger partial charge is 0.313 e. The van der Waals surface area contributed by atoms with Gasteiger partial charge in [0.2, 0.25) is 0 Å². The predicted octanol–water partition coefficient (Wildman–Crippen LogP) is 3.13. The lowest BCUT2D eigenvalue weighted by Crippen LogP contribution is -2.47. The highest BCUT2D eigenvalue weighted by Crippen LogP contribution is 2.32. The third-order valence-electron chi connectivity index (χ3n) is 5.42. The van der Waals surface area contributed by atoms with Crippen LogP contribution in [-0.2, 0) is 0 Å². The van der Waals surface area contributed by atoms with E-state index in [0.717, 1.165) is 17.9 Å². The van der Waals surface area contributed by atoms with Crippen molar-refractivity contribution < 1.29 is 0 Å². The molecular formula is C16H32N2. The Morgan fingerprint density at radius 1 is 1.17 bits per heavy atom. The van der Waals surface area contributed by atoms with Crippen LogP contribution >= 0.6 is 0 Å². The number of hydrogen-bond donors (Lipinski definition) is 1. The summed E-state index contributed by atoms with van der Waals surface area (Å²) in [6.45, 7) is 11.1. The monoisotopic (exact) mass is 252 g/mol. The lowest BCUT2D eigenvalue weighted by molar-refractivity contribution is 0.122. The van der Waals surface area contributed by atoms with Gasteiger partial charge in [-0.25, -0.2) is 0 Å². The van der Waals surface area contributed by atoms with Gasteiger partial charge in [0.1, 0.15) is 0 Å². The molecule has 3 unspecified atom stereocenters. The second-order valence-electron chi connectivity index (χ2n) is 7.50. The first-order valence-electron chi connectivity index (χ1n) is 7.90. The molecule has 1 saturated heterocycles. The Kier molecular flexibility index (Phi) is 4.71. The fourth-order valence-electron chi connectivity index (χ4n) is 3.68. The van der Waals surface area contributed by atoms with Crippen molar-refractivity contribution in [2.75, 3.05) is 26.7 Å². The molecule has 1 aliphatic carbocycles. The molecule has 0 radical (unpaired) electrons. The zero-order chi connectivity index (χ0) is 13.2. The highest BCUT2D eigenvalue weighted by atomic mass is 15.1. The molecule has 2 fully saturated rings. The molecule has 106 valence electrons. The van der Waals surface area contributed by atoms with Crippen LogP contribution in [0.5, 0.6) is 0 Å². The molecule has 18 heavy (non-hydrogen) atoms. The molecule has 2 heteroatoms. The van der Waals surface area contributed by atoms with E-state index in [0.29, 0.717) is 5.41 Å². The molecular weight excluding hydrogens is 220 g/mol. The average molecular weight is 252 g/mol. The molecule has 0 amide bonds. The van der Waals surface area contributed by atoms with E-state index in [1.807, 2.05) is 0 Å². The van der Waals surface area contributed by atoms with Crippen molar-refractivity contribution in [1.29, 1.82) is 0 Å². The van der Waals surface area contributed by atoms with Crippen molar-refractivity contribution in [3.8, 4) is 0 Å². The summed E-state index contributed by atoms with van der Waals surface area (Å²) in [6, 6.07) is 0.776. The van der Waals surface area contributed by atoms with Crippen LogP contribution < -0.4 is 5.32 Å². The van der Waals surface area contributed by atoms with Crippen LogP contribution in [0.3, 0.4) is 0 Å². The molecule has 1 N–H and O–H groups in total. The van der Waals surface area contributed by atoms with Crippen molar-refractivity contribution in [2.45, 2.75) is 58.9 Å². The van der Waals surface area contributed by atoms with E-state index in [2.05, 4.69) is 38.0 Å². The Morgan fingerprint density at radius 3 is 2.44 bits per heavy atom. The van der Waals surface area contributed by atoms with Crippen LogP contribution in [0, 0.1) is 17.3 Å². The molecule has 2 rings (SSSR count). The standard InChI is InChI=1S/C16H32N2/c1-13-5-6-15(14(2)11-13)17-12-16(3)7-9-18(4)10-8-16/h13-15,17H,5-12H2,1-4H3. The first-order chi connectivity index (χ1) is 8.48. The molecule has 0 spiro atoms. The zero-order valence-corrected chi connectivity index (χ0v) is 12.8. The van der Waals surface area contributed by atoms with E-state index in [1.165, 1.54) is 51.7 Å². The molecule has 1 saturated carbocycles.